The molecule has 1 aromatic heterocycles. The van der Waals surface area contributed by atoms with Gasteiger partial charge >= 0.3 is 0 Å². The number of amides is 1. The van der Waals surface area contributed by atoms with Crippen molar-refractivity contribution in [2.24, 2.45) is 17.8 Å². The summed E-state index contributed by atoms with van der Waals surface area (Å²) in [5, 5.41) is 2.93. The van der Waals surface area contributed by atoms with Crippen LogP contribution in [0, 0.1) is 17.8 Å². The van der Waals surface area contributed by atoms with Gasteiger partial charge in [0.2, 0.25) is 0 Å². The van der Waals surface area contributed by atoms with Crippen LogP contribution in [0.5, 0.6) is 0 Å². The predicted molar refractivity (Wildman–Crippen MR) is 136 cm³/mol. The van der Waals surface area contributed by atoms with Crippen LogP contribution in [-0.2, 0) is 0 Å². The second-order valence-electron chi connectivity index (χ2n) is 9.53. The van der Waals surface area contributed by atoms with E-state index in [2.05, 4.69) is 27.9 Å². The largest absolute Gasteiger partial charge is 0.349 e. The Hall–Kier alpha value is -3.47. The molecular weight excluding hydrogens is 422 g/mol. The van der Waals surface area contributed by atoms with Gasteiger partial charge in [-0.15, -0.1) is 6.58 Å². The maximum Gasteiger partial charge on any atom is 0.251 e. The van der Waals surface area contributed by atoms with Crippen molar-refractivity contribution in [2.45, 2.75) is 38.5 Å². The SMILES string of the molecule is C=CC1CC1/C=C\CNC(=O)c1ccc(-c2nc3ccc(C(=O)C4CCCCC4)cc3[nH]2)cc1. The van der Waals surface area contributed by atoms with Gasteiger partial charge in [0.15, 0.2) is 5.78 Å². The summed E-state index contributed by atoms with van der Waals surface area (Å²) in [6.07, 6.45) is 12.9. The lowest BCUT2D eigenvalue weighted by Gasteiger charge is -2.20. The van der Waals surface area contributed by atoms with Crippen molar-refractivity contribution in [3.8, 4) is 11.4 Å². The van der Waals surface area contributed by atoms with Crippen LogP contribution in [0.3, 0.4) is 0 Å². The molecule has 0 spiro atoms. The maximum atomic E-state index is 12.9. The summed E-state index contributed by atoms with van der Waals surface area (Å²) in [5.41, 5.74) is 3.97. The highest BCUT2D eigenvalue weighted by molar-refractivity contribution is 6.00. The third-order valence-corrected chi connectivity index (χ3v) is 7.12. The molecule has 34 heavy (non-hydrogen) atoms. The molecule has 0 aliphatic heterocycles. The zero-order valence-electron chi connectivity index (χ0n) is 19.4. The van der Waals surface area contributed by atoms with Gasteiger partial charge in [-0.25, -0.2) is 4.98 Å². The fourth-order valence-electron chi connectivity index (χ4n) is 4.90. The summed E-state index contributed by atoms with van der Waals surface area (Å²) in [5.74, 6) is 2.22. The Balaban J connectivity index is 1.23. The first-order chi connectivity index (χ1) is 16.6. The lowest BCUT2D eigenvalue weighted by molar-refractivity contribution is 0.0889. The van der Waals surface area contributed by atoms with Crippen LogP contribution < -0.4 is 5.32 Å². The van der Waals surface area contributed by atoms with Crippen LogP contribution in [0.15, 0.2) is 67.3 Å². The monoisotopic (exact) mass is 453 g/mol. The van der Waals surface area contributed by atoms with Gasteiger partial charge in [0, 0.05) is 29.2 Å². The van der Waals surface area contributed by atoms with E-state index in [0.29, 0.717) is 23.9 Å². The lowest BCUT2D eigenvalue weighted by Crippen LogP contribution is -2.23. The number of imidazole rings is 1. The third kappa shape index (κ3) is 4.89. The van der Waals surface area contributed by atoms with Gasteiger partial charge in [-0.3, -0.25) is 9.59 Å². The van der Waals surface area contributed by atoms with Gasteiger partial charge in [0.1, 0.15) is 5.82 Å². The standard InChI is InChI=1S/C29H31N3O2/c1-2-19-17-23(19)9-6-16-30-29(34)22-12-10-21(11-13-22)28-31-25-15-14-24(18-26(25)32-28)27(33)20-7-4-3-5-8-20/h2,6,9-15,18-20,23H,1,3-5,7-8,16-17H2,(H,30,34)(H,31,32)/b9-6-. The van der Waals surface area contributed by atoms with E-state index in [0.717, 1.165) is 60.1 Å². The Morgan fingerprint density at radius 1 is 1.03 bits per heavy atom. The summed E-state index contributed by atoms with van der Waals surface area (Å²) in [6, 6.07) is 13.2. The minimum absolute atomic E-state index is 0.0947. The topological polar surface area (TPSA) is 74.8 Å². The molecule has 3 aromatic rings. The molecule has 2 N–H and O–H groups in total. The van der Waals surface area contributed by atoms with Crippen molar-refractivity contribution in [1.29, 1.82) is 0 Å². The van der Waals surface area contributed by atoms with Crippen molar-refractivity contribution in [2.75, 3.05) is 6.54 Å². The number of carbonyl (C=O) groups is 2. The van der Waals surface area contributed by atoms with E-state index in [-0.39, 0.29) is 17.6 Å². The zero-order valence-corrected chi connectivity index (χ0v) is 19.4. The molecule has 5 nitrogen and oxygen atoms in total. The molecule has 174 valence electrons. The van der Waals surface area contributed by atoms with Crippen LogP contribution in [0.1, 0.15) is 59.2 Å². The molecular formula is C29H31N3O2. The lowest BCUT2D eigenvalue weighted by atomic mass is 9.84. The molecule has 1 amide bonds. The number of benzene rings is 2. The van der Waals surface area contributed by atoms with Crippen LogP contribution >= 0.6 is 0 Å². The van der Waals surface area contributed by atoms with E-state index in [1.807, 2.05) is 54.6 Å². The second-order valence-corrected chi connectivity index (χ2v) is 9.53. The smallest absolute Gasteiger partial charge is 0.251 e. The van der Waals surface area contributed by atoms with Crippen LogP contribution in [0.2, 0.25) is 0 Å². The molecule has 1 heterocycles. The number of nitrogens with one attached hydrogen (secondary N) is 2. The Morgan fingerprint density at radius 2 is 1.79 bits per heavy atom. The van der Waals surface area contributed by atoms with E-state index >= 15 is 0 Å². The van der Waals surface area contributed by atoms with Crippen LogP contribution in [-0.4, -0.2) is 28.2 Å². The number of Topliss-reactive ketones (excluding diaryl/α,β-unsaturated/α-hetero) is 1. The number of ketones is 1. The van der Waals surface area contributed by atoms with Crippen molar-refractivity contribution in [1.82, 2.24) is 15.3 Å². The quantitative estimate of drug-likeness (QED) is 0.320. The number of aromatic nitrogens is 2. The highest BCUT2D eigenvalue weighted by Crippen LogP contribution is 2.40. The first kappa shape index (κ1) is 22.3. The number of rotatable bonds is 8. The fraction of sp³-hybridized carbons (Fsp3) is 0.345. The normalized spacial score (nSPS) is 20.5. The molecule has 2 aliphatic rings. The fourth-order valence-corrected chi connectivity index (χ4v) is 4.90. The average Bonchev–Trinajstić information content (AvgIpc) is 3.52. The summed E-state index contributed by atoms with van der Waals surface area (Å²) in [7, 11) is 0. The van der Waals surface area contributed by atoms with E-state index in [1.54, 1.807) is 0 Å². The molecule has 0 bridgehead atoms. The summed E-state index contributed by atoms with van der Waals surface area (Å²) in [4.78, 5) is 33.4. The minimum atomic E-state index is -0.0947. The van der Waals surface area contributed by atoms with Gasteiger partial charge in [0.05, 0.1) is 11.0 Å². The van der Waals surface area contributed by atoms with Crippen molar-refractivity contribution in [3.05, 3.63) is 78.4 Å². The Bertz CT molecular complexity index is 1230. The summed E-state index contributed by atoms with van der Waals surface area (Å²) in [6.45, 7) is 4.33. The summed E-state index contributed by atoms with van der Waals surface area (Å²) < 4.78 is 0. The van der Waals surface area contributed by atoms with Crippen LogP contribution in [0.4, 0.5) is 0 Å². The molecule has 5 heteroatoms. The molecule has 0 radical (unpaired) electrons. The minimum Gasteiger partial charge on any atom is -0.349 e. The van der Waals surface area contributed by atoms with E-state index in [9.17, 15) is 9.59 Å². The number of hydrogen-bond acceptors (Lipinski definition) is 3. The molecule has 2 saturated carbocycles. The predicted octanol–water partition coefficient (Wildman–Crippen LogP) is 6.10. The number of hydrogen-bond donors (Lipinski definition) is 2. The maximum absolute atomic E-state index is 12.9. The van der Waals surface area contributed by atoms with Gasteiger partial charge in [-0.1, -0.05) is 49.6 Å². The Labute approximate surface area is 200 Å². The molecule has 2 fully saturated rings. The van der Waals surface area contributed by atoms with E-state index in [4.69, 9.17) is 0 Å². The number of fused-ring (bicyclic) bond motifs is 1. The van der Waals surface area contributed by atoms with Crippen molar-refractivity contribution >= 4 is 22.7 Å². The molecule has 2 aromatic carbocycles. The molecule has 5 rings (SSSR count). The number of aromatic amines is 1. The van der Waals surface area contributed by atoms with E-state index < -0.39 is 0 Å². The number of nitrogens with zero attached hydrogens (tertiary/aromatic N) is 1. The van der Waals surface area contributed by atoms with Crippen LogP contribution in [0.25, 0.3) is 22.4 Å². The molecule has 2 atom stereocenters. The number of carbonyl (C=O) groups excluding carboxylic acids is 2. The first-order valence-electron chi connectivity index (χ1n) is 12.3. The number of allylic oxidation sites excluding steroid dienone is 2. The van der Waals surface area contributed by atoms with E-state index in [1.165, 1.54) is 6.42 Å². The van der Waals surface area contributed by atoms with Crippen molar-refractivity contribution < 1.29 is 9.59 Å². The van der Waals surface area contributed by atoms with Gasteiger partial charge in [-0.05, 0) is 61.4 Å². The highest BCUT2D eigenvalue weighted by atomic mass is 16.1. The molecule has 0 saturated heterocycles. The second kappa shape index (κ2) is 9.80. The Morgan fingerprint density at radius 3 is 2.53 bits per heavy atom. The molecule has 2 unspecified atom stereocenters. The zero-order chi connectivity index (χ0) is 23.5. The van der Waals surface area contributed by atoms with Gasteiger partial charge in [0.25, 0.3) is 5.91 Å². The highest BCUT2D eigenvalue weighted by Gasteiger charge is 2.31. The average molecular weight is 454 g/mol. The van der Waals surface area contributed by atoms with Gasteiger partial charge < -0.3 is 10.3 Å². The van der Waals surface area contributed by atoms with Gasteiger partial charge in [-0.2, -0.15) is 0 Å². The third-order valence-electron chi connectivity index (χ3n) is 7.12. The first-order valence-corrected chi connectivity index (χ1v) is 12.3. The number of H-pyrrole nitrogens is 1. The molecule has 2 aliphatic carbocycles. The van der Waals surface area contributed by atoms with Crippen molar-refractivity contribution in [3.63, 3.8) is 0 Å². The summed E-state index contributed by atoms with van der Waals surface area (Å²) >= 11 is 0. The Kier molecular flexibility index (Phi) is 6.43.